The average Bonchev–Trinajstić information content (AvgIpc) is 2.15. The molecule has 0 unspecified atom stereocenters. The first kappa shape index (κ1) is 11.2. The van der Waals surface area contributed by atoms with Gasteiger partial charge in [-0.25, -0.2) is 0 Å². The molecule has 0 aliphatic rings. The van der Waals surface area contributed by atoms with Gasteiger partial charge in [0.1, 0.15) is 6.61 Å². The minimum Gasteiger partial charge on any atom is -0.374 e. The zero-order chi connectivity index (χ0) is 10.4. The van der Waals surface area contributed by atoms with Crippen molar-refractivity contribution in [2.45, 2.75) is 13.3 Å². The molecule has 0 spiro atoms. The highest BCUT2D eigenvalue weighted by Gasteiger charge is 2.03. The fraction of sp³-hybridized carbons (Fsp3) is 0.364. The number of carbonyl (C=O) groups is 1. The van der Waals surface area contributed by atoms with Crippen LogP contribution in [0.25, 0.3) is 0 Å². The highest BCUT2D eigenvalue weighted by molar-refractivity contribution is 6.30. The highest BCUT2D eigenvalue weighted by Crippen LogP contribution is 2.11. The molecule has 0 saturated carbocycles. The summed E-state index contributed by atoms with van der Waals surface area (Å²) in [6.07, 6.45) is 0.389. The van der Waals surface area contributed by atoms with Crippen LogP contribution in [0.4, 0.5) is 0 Å². The van der Waals surface area contributed by atoms with Gasteiger partial charge in [0.15, 0.2) is 5.78 Å². The number of halogens is 1. The first-order valence-electron chi connectivity index (χ1n) is 4.56. The van der Waals surface area contributed by atoms with E-state index in [1.807, 2.05) is 19.1 Å². The molecule has 14 heavy (non-hydrogen) atoms. The molecule has 0 aliphatic heterocycles. The summed E-state index contributed by atoms with van der Waals surface area (Å²) in [6, 6.07) is 7.31. The molecule has 0 radical (unpaired) electrons. The fourth-order valence-electron chi connectivity index (χ4n) is 1.14. The smallest absolute Gasteiger partial charge is 0.162 e. The van der Waals surface area contributed by atoms with Crippen LogP contribution in [0.3, 0.4) is 0 Å². The van der Waals surface area contributed by atoms with Gasteiger partial charge in [0, 0.05) is 18.1 Å². The maximum Gasteiger partial charge on any atom is 0.162 e. The Morgan fingerprint density at radius 2 is 2.29 bits per heavy atom. The number of rotatable bonds is 5. The van der Waals surface area contributed by atoms with Gasteiger partial charge in [0.25, 0.3) is 0 Å². The normalized spacial score (nSPS) is 10.1. The lowest BCUT2D eigenvalue weighted by molar-refractivity contribution is -0.122. The van der Waals surface area contributed by atoms with Gasteiger partial charge in [0.05, 0.1) is 0 Å². The number of hydrogen-bond acceptors (Lipinski definition) is 2. The molecule has 0 N–H and O–H groups in total. The monoisotopic (exact) mass is 212 g/mol. The number of carbonyl (C=O) groups excluding carboxylic acids is 1. The summed E-state index contributed by atoms with van der Waals surface area (Å²) in [5.41, 5.74) is 0.933. The predicted octanol–water partition coefficient (Wildman–Crippen LogP) is 2.49. The summed E-state index contributed by atoms with van der Waals surface area (Å²) in [6.45, 7) is 2.62. The molecule has 0 atom stereocenters. The van der Waals surface area contributed by atoms with Crippen LogP contribution >= 0.6 is 11.6 Å². The van der Waals surface area contributed by atoms with Crippen molar-refractivity contribution in [3.63, 3.8) is 0 Å². The molecular weight excluding hydrogens is 200 g/mol. The van der Waals surface area contributed by atoms with Gasteiger partial charge >= 0.3 is 0 Å². The van der Waals surface area contributed by atoms with Crippen LogP contribution in [0.5, 0.6) is 0 Å². The molecule has 76 valence electrons. The third-order valence-electron chi connectivity index (χ3n) is 1.76. The Labute approximate surface area is 88.8 Å². The van der Waals surface area contributed by atoms with E-state index < -0.39 is 0 Å². The maximum atomic E-state index is 11.3. The van der Waals surface area contributed by atoms with Crippen LogP contribution < -0.4 is 0 Å². The number of benzene rings is 1. The van der Waals surface area contributed by atoms with E-state index >= 15 is 0 Å². The molecule has 0 heterocycles. The topological polar surface area (TPSA) is 26.3 Å². The van der Waals surface area contributed by atoms with Gasteiger partial charge < -0.3 is 4.74 Å². The van der Waals surface area contributed by atoms with E-state index in [-0.39, 0.29) is 12.4 Å². The van der Waals surface area contributed by atoms with E-state index in [1.54, 1.807) is 12.1 Å². The predicted molar refractivity (Wildman–Crippen MR) is 56.7 cm³/mol. The molecule has 3 heteroatoms. The Hall–Kier alpha value is -0.860. The summed E-state index contributed by atoms with van der Waals surface area (Å²) in [5.74, 6) is 0.0779. The van der Waals surface area contributed by atoms with Gasteiger partial charge in [-0.3, -0.25) is 4.79 Å². The molecule has 0 bridgehead atoms. The second-order valence-corrected chi connectivity index (χ2v) is 3.42. The Morgan fingerprint density at radius 1 is 1.50 bits per heavy atom. The van der Waals surface area contributed by atoms with Crippen molar-refractivity contribution in [1.82, 2.24) is 0 Å². The number of ketones is 1. The molecule has 0 aliphatic carbocycles. The Balaban J connectivity index is 2.47. The summed E-state index contributed by atoms with van der Waals surface area (Å²) in [7, 11) is 0. The van der Waals surface area contributed by atoms with Crippen LogP contribution in [0, 0.1) is 0 Å². The summed E-state index contributed by atoms with van der Waals surface area (Å²) >= 11 is 5.79. The van der Waals surface area contributed by atoms with E-state index in [9.17, 15) is 4.79 Å². The highest BCUT2D eigenvalue weighted by atomic mass is 35.5. The SMILES string of the molecule is CCOCC(=O)Cc1cccc(Cl)c1. The number of Topliss-reactive ketones (excluding diaryl/α,β-unsaturated/α-hetero) is 1. The molecule has 1 rings (SSSR count). The van der Waals surface area contributed by atoms with E-state index in [2.05, 4.69) is 0 Å². The zero-order valence-corrected chi connectivity index (χ0v) is 8.88. The number of hydrogen-bond donors (Lipinski definition) is 0. The van der Waals surface area contributed by atoms with E-state index in [0.29, 0.717) is 18.1 Å². The van der Waals surface area contributed by atoms with Crippen LogP contribution in [-0.4, -0.2) is 19.0 Å². The van der Waals surface area contributed by atoms with Crippen LogP contribution in [0.15, 0.2) is 24.3 Å². The Bertz CT molecular complexity index is 310. The first-order chi connectivity index (χ1) is 6.72. The second kappa shape index (κ2) is 5.78. The Morgan fingerprint density at radius 3 is 2.93 bits per heavy atom. The van der Waals surface area contributed by atoms with Crippen molar-refractivity contribution >= 4 is 17.4 Å². The lowest BCUT2D eigenvalue weighted by atomic mass is 10.1. The van der Waals surface area contributed by atoms with E-state index in [4.69, 9.17) is 16.3 Å². The van der Waals surface area contributed by atoms with Crippen molar-refractivity contribution in [2.75, 3.05) is 13.2 Å². The molecule has 0 fully saturated rings. The van der Waals surface area contributed by atoms with Gasteiger partial charge in [-0.05, 0) is 24.6 Å². The molecule has 2 nitrogen and oxygen atoms in total. The molecule has 0 aromatic heterocycles. The van der Waals surface area contributed by atoms with E-state index in [0.717, 1.165) is 5.56 Å². The lowest BCUT2D eigenvalue weighted by Crippen LogP contribution is -2.11. The van der Waals surface area contributed by atoms with Gasteiger partial charge in [0.2, 0.25) is 0 Å². The minimum absolute atomic E-state index is 0.0779. The fourth-order valence-corrected chi connectivity index (χ4v) is 1.35. The second-order valence-electron chi connectivity index (χ2n) is 2.98. The van der Waals surface area contributed by atoms with Crippen molar-refractivity contribution in [3.05, 3.63) is 34.9 Å². The molecule has 0 saturated heterocycles. The molecule has 1 aromatic rings. The minimum atomic E-state index is 0.0779. The molecule has 1 aromatic carbocycles. The largest absolute Gasteiger partial charge is 0.374 e. The Kier molecular flexibility index (Phi) is 4.63. The van der Waals surface area contributed by atoms with Crippen LogP contribution in [-0.2, 0) is 16.0 Å². The summed E-state index contributed by atoms with van der Waals surface area (Å²) in [5, 5.41) is 0.659. The van der Waals surface area contributed by atoms with Gasteiger partial charge in [-0.15, -0.1) is 0 Å². The van der Waals surface area contributed by atoms with Crippen LogP contribution in [0.2, 0.25) is 5.02 Å². The number of ether oxygens (including phenoxy) is 1. The van der Waals surface area contributed by atoms with Crippen molar-refractivity contribution in [1.29, 1.82) is 0 Å². The first-order valence-corrected chi connectivity index (χ1v) is 4.94. The third-order valence-corrected chi connectivity index (χ3v) is 1.99. The molecular formula is C11H13ClO2. The average molecular weight is 213 g/mol. The maximum absolute atomic E-state index is 11.3. The van der Waals surface area contributed by atoms with Gasteiger partial charge in [-0.2, -0.15) is 0 Å². The lowest BCUT2D eigenvalue weighted by Gasteiger charge is -2.01. The standard InChI is InChI=1S/C11H13ClO2/c1-2-14-8-11(13)7-9-4-3-5-10(12)6-9/h3-6H,2,7-8H2,1H3. The van der Waals surface area contributed by atoms with Crippen molar-refractivity contribution in [3.8, 4) is 0 Å². The zero-order valence-electron chi connectivity index (χ0n) is 8.13. The third kappa shape index (κ3) is 3.90. The molecule has 0 amide bonds. The van der Waals surface area contributed by atoms with Crippen molar-refractivity contribution < 1.29 is 9.53 Å². The van der Waals surface area contributed by atoms with Crippen LogP contribution in [0.1, 0.15) is 12.5 Å². The summed E-state index contributed by atoms with van der Waals surface area (Å²) < 4.78 is 5.02. The van der Waals surface area contributed by atoms with Gasteiger partial charge in [-0.1, -0.05) is 23.7 Å². The summed E-state index contributed by atoms with van der Waals surface area (Å²) in [4.78, 5) is 11.3. The quantitative estimate of drug-likeness (QED) is 0.750. The van der Waals surface area contributed by atoms with Crippen molar-refractivity contribution in [2.24, 2.45) is 0 Å². The van der Waals surface area contributed by atoms with E-state index in [1.165, 1.54) is 0 Å².